The summed E-state index contributed by atoms with van der Waals surface area (Å²) in [5.74, 6) is 1.38. The highest BCUT2D eigenvalue weighted by Gasteiger charge is 2.43. The smallest absolute Gasteiger partial charge is 0.410 e. The van der Waals surface area contributed by atoms with Crippen LogP contribution in [0.4, 0.5) is 4.79 Å². The van der Waals surface area contributed by atoms with Crippen molar-refractivity contribution < 1.29 is 14.3 Å². The Hall–Kier alpha value is -1.06. The Morgan fingerprint density at radius 1 is 1.22 bits per heavy atom. The first-order chi connectivity index (χ1) is 8.26. The maximum absolute atomic E-state index is 12.0. The minimum absolute atomic E-state index is 0.239. The number of carbonyl (C=O) groups is 2. The van der Waals surface area contributed by atoms with Crippen LogP contribution < -0.4 is 0 Å². The third kappa shape index (κ3) is 2.85. The van der Waals surface area contributed by atoms with Crippen molar-refractivity contribution in [2.24, 2.45) is 11.8 Å². The van der Waals surface area contributed by atoms with Crippen molar-refractivity contribution in [1.29, 1.82) is 0 Å². The van der Waals surface area contributed by atoms with E-state index in [0.717, 1.165) is 12.8 Å². The number of hydrogen-bond donors (Lipinski definition) is 0. The molecule has 1 unspecified atom stereocenters. The second kappa shape index (κ2) is 4.56. The summed E-state index contributed by atoms with van der Waals surface area (Å²) in [5, 5.41) is 0. The van der Waals surface area contributed by atoms with Crippen LogP contribution in [0.5, 0.6) is 0 Å². The molecule has 18 heavy (non-hydrogen) atoms. The number of Topliss-reactive ketones (excluding diaryl/α,β-unsaturated/α-hetero) is 1. The van der Waals surface area contributed by atoms with Crippen molar-refractivity contribution in [3.63, 3.8) is 0 Å². The number of hydrogen-bond acceptors (Lipinski definition) is 3. The highest BCUT2D eigenvalue weighted by Crippen LogP contribution is 2.43. The summed E-state index contributed by atoms with van der Waals surface area (Å²) < 4.78 is 5.38. The first-order valence-electron chi connectivity index (χ1n) is 6.74. The lowest BCUT2D eigenvalue weighted by molar-refractivity contribution is -0.117. The second-order valence-corrected chi connectivity index (χ2v) is 6.68. The van der Waals surface area contributed by atoms with Crippen LogP contribution in [0.2, 0.25) is 0 Å². The summed E-state index contributed by atoms with van der Waals surface area (Å²) >= 11 is 0. The Bertz CT molecular complexity index is 343. The molecule has 4 nitrogen and oxygen atoms in total. The number of rotatable bonds is 1. The van der Waals surface area contributed by atoms with Gasteiger partial charge in [-0.05, 0) is 45.4 Å². The van der Waals surface area contributed by atoms with Gasteiger partial charge in [0.2, 0.25) is 0 Å². The topological polar surface area (TPSA) is 46.6 Å². The van der Waals surface area contributed by atoms with E-state index < -0.39 is 5.60 Å². The van der Waals surface area contributed by atoms with Gasteiger partial charge in [-0.2, -0.15) is 0 Å². The summed E-state index contributed by atoms with van der Waals surface area (Å²) in [4.78, 5) is 25.0. The average molecular weight is 253 g/mol. The van der Waals surface area contributed by atoms with Crippen molar-refractivity contribution >= 4 is 11.9 Å². The first kappa shape index (κ1) is 13.4. The molecule has 3 atom stereocenters. The molecule has 0 bridgehead atoms. The van der Waals surface area contributed by atoms with Crippen LogP contribution in [-0.2, 0) is 9.53 Å². The number of nitrogens with zero attached hydrogens (tertiary/aromatic N) is 1. The zero-order chi connectivity index (χ0) is 13.5. The Kier molecular flexibility index (Phi) is 3.39. The molecule has 0 spiro atoms. The lowest BCUT2D eigenvalue weighted by Gasteiger charge is -2.29. The number of ketones is 1. The van der Waals surface area contributed by atoms with E-state index >= 15 is 0 Å². The molecule has 2 aliphatic rings. The minimum atomic E-state index is -0.449. The van der Waals surface area contributed by atoms with Crippen LogP contribution in [0.1, 0.15) is 46.5 Å². The number of amides is 1. The van der Waals surface area contributed by atoms with Crippen molar-refractivity contribution in [1.82, 2.24) is 4.90 Å². The maximum Gasteiger partial charge on any atom is 0.410 e. The van der Waals surface area contributed by atoms with Gasteiger partial charge in [0.25, 0.3) is 0 Å². The molecule has 0 aromatic carbocycles. The molecule has 0 aromatic heterocycles. The van der Waals surface area contributed by atoms with E-state index in [-0.39, 0.29) is 12.1 Å². The van der Waals surface area contributed by atoms with Crippen molar-refractivity contribution in [2.75, 3.05) is 7.05 Å². The van der Waals surface area contributed by atoms with Gasteiger partial charge < -0.3 is 9.64 Å². The van der Waals surface area contributed by atoms with Crippen LogP contribution in [0, 0.1) is 11.8 Å². The molecule has 2 fully saturated rings. The Labute approximate surface area is 109 Å². The van der Waals surface area contributed by atoms with Crippen LogP contribution in [0.3, 0.4) is 0 Å². The zero-order valence-corrected chi connectivity index (χ0v) is 11.7. The van der Waals surface area contributed by atoms with Crippen LogP contribution in [0.25, 0.3) is 0 Å². The van der Waals surface area contributed by atoms with Crippen molar-refractivity contribution in [3.05, 3.63) is 0 Å². The van der Waals surface area contributed by atoms with Crippen molar-refractivity contribution in [2.45, 2.75) is 58.1 Å². The Morgan fingerprint density at radius 3 is 2.17 bits per heavy atom. The van der Waals surface area contributed by atoms with Gasteiger partial charge in [0.05, 0.1) is 0 Å². The lowest BCUT2D eigenvalue weighted by atomic mass is 10.0. The molecule has 2 aliphatic carbocycles. The fourth-order valence-electron chi connectivity index (χ4n) is 3.15. The monoisotopic (exact) mass is 253 g/mol. The number of carbonyl (C=O) groups excluding carboxylic acids is 2. The molecule has 2 rings (SSSR count). The normalized spacial score (nSPS) is 31.3. The van der Waals surface area contributed by atoms with Gasteiger partial charge in [-0.25, -0.2) is 4.79 Å². The van der Waals surface area contributed by atoms with Crippen LogP contribution in [0.15, 0.2) is 0 Å². The third-order valence-electron chi connectivity index (χ3n) is 4.03. The zero-order valence-electron chi connectivity index (χ0n) is 11.7. The van der Waals surface area contributed by atoms with Gasteiger partial charge in [0.1, 0.15) is 11.4 Å². The fourth-order valence-corrected chi connectivity index (χ4v) is 3.15. The van der Waals surface area contributed by atoms with E-state index in [9.17, 15) is 9.59 Å². The third-order valence-corrected chi connectivity index (χ3v) is 4.03. The molecule has 0 radical (unpaired) electrons. The summed E-state index contributed by atoms with van der Waals surface area (Å²) in [6.07, 6.45) is 3.07. The van der Waals surface area contributed by atoms with Gasteiger partial charge in [-0.3, -0.25) is 4.79 Å². The van der Waals surface area contributed by atoms with Gasteiger partial charge >= 0.3 is 6.09 Å². The number of fused-ring (bicyclic) bond motifs is 1. The largest absolute Gasteiger partial charge is 0.444 e. The summed E-state index contributed by atoms with van der Waals surface area (Å²) in [7, 11) is 1.81. The summed E-state index contributed by atoms with van der Waals surface area (Å²) in [6.45, 7) is 5.63. The van der Waals surface area contributed by atoms with E-state index in [0.29, 0.717) is 30.5 Å². The molecule has 0 saturated heterocycles. The van der Waals surface area contributed by atoms with Gasteiger partial charge in [0, 0.05) is 25.9 Å². The second-order valence-electron chi connectivity index (χ2n) is 6.68. The van der Waals surface area contributed by atoms with E-state index in [4.69, 9.17) is 4.74 Å². The van der Waals surface area contributed by atoms with E-state index in [1.54, 1.807) is 4.90 Å². The molecule has 102 valence electrons. The highest BCUT2D eigenvalue weighted by molar-refractivity contribution is 5.81. The standard InChI is InChI=1S/C14H23NO3/c1-14(2,3)18-13(17)15(4)11-5-9-7-12(16)8-10(9)6-11/h9-11H,5-8H2,1-4H3/t9-,10+,11?. The molecule has 0 aromatic rings. The van der Waals surface area contributed by atoms with Crippen molar-refractivity contribution in [3.8, 4) is 0 Å². The summed E-state index contributed by atoms with van der Waals surface area (Å²) in [5.41, 5.74) is -0.449. The van der Waals surface area contributed by atoms with E-state index in [1.165, 1.54) is 0 Å². The Morgan fingerprint density at radius 2 is 1.72 bits per heavy atom. The highest BCUT2D eigenvalue weighted by atomic mass is 16.6. The molecule has 1 amide bonds. The van der Waals surface area contributed by atoms with Gasteiger partial charge in [-0.15, -0.1) is 0 Å². The lowest BCUT2D eigenvalue weighted by Crippen LogP contribution is -2.40. The van der Waals surface area contributed by atoms with Gasteiger partial charge in [-0.1, -0.05) is 0 Å². The number of ether oxygens (including phenoxy) is 1. The molecular weight excluding hydrogens is 230 g/mol. The van der Waals surface area contributed by atoms with Crippen LogP contribution in [-0.4, -0.2) is 35.5 Å². The molecular formula is C14H23NO3. The van der Waals surface area contributed by atoms with E-state index in [2.05, 4.69) is 0 Å². The molecule has 0 N–H and O–H groups in total. The molecule has 2 saturated carbocycles. The first-order valence-corrected chi connectivity index (χ1v) is 6.74. The predicted molar refractivity (Wildman–Crippen MR) is 68.2 cm³/mol. The predicted octanol–water partition coefficient (Wildman–Crippen LogP) is 2.61. The molecule has 4 heteroatoms. The maximum atomic E-state index is 12.0. The fraction of sp³-hybridized carbons (Fsp3) is 0.857. The van der Waals surface area contributed by atoms with Crippen LogP contribution >= 0.6 is 0 Å². The quantitative estimate of drug-likeness (QED) is 0.721. The molecule has 0 heterocycles. The van der Waals surface area contributed by atoms with E-state index in [1.807, 2.05) is 27.8 Å². The molecule has 0 aliphatic heterocycles. The Balaban J connectivity index is 1.90. The summed E-state index contributed by atoms with van der Waals surface area (Å²) in [6, 6.07) is 0.239. The minimum Gasteiger partial charge on any atom is -0.444 e. The van der Waals surface area contributed by atoms with Gasteiger partial charge in [0.15, 0.2) is 0 Å². The average Bonchev–Trinajstić information content (AvgIpc) is 2.70. The SMILES string of the molecule is CN(C(=O)OC(C)(C)C)C1C[C@H]2CC(=O)C[C@H]2C1.